The Balaban J connectivity index is 1.56. The molecule has 0 atom stereocenters. The van der Waals surface area contributed by atoms with Crippen LogP contribution in [-0.2, 0) is 5.54 Å². The number of carbonyl (C=O) groups excluding carboxylic acids is 1. The van der Waals surface area contributed by atoms with Crippen LogP contribution in [0.15, 0.2) is 42.6 Å². The van der Waals surface area contributed by atoms with Gasteiger partial charge in [0, 0.05) is 11.7 Å². The topological polar surface area (TPSA) is 72.3 Å². The number of anilines is 1. The Bertz CT molecular complexity index is 961. The maximum Gasteiger partial charge on any atom is 0.323 e. The van der Waals surface area contributed by atoms with Crippen LogP contribution >= 0.6 is 0 Å². The van der Waals surface area contributed by atoms with E-state index in [0.29, 0.717) is 6.54 Å². The highest BCUT2D eigenvalue weighted by Gasteiger charge is 2.50. The zero-order valence-corrected chi connectivity index (χ0v) is 16.7. The molecule has 1 aromatic heterocycles. The molecule has 6 nitrogen and oxygen atoms in total. The lowest BCUT2D eigenvalue weighted by Crippen LogP contribution is -2.54. The molecule has 0 radical (unpaired) electrons. The van der Waals surface area contributed by atoms with Gasteiger partial charge in [0.15, 0.2) is 11.6 Å². The van der Waals surface area contributed by atoms with E-state index in [2.05, 4.69) is 53.6 Å². The SMILES string of the molecule is CN(C)C1(c2ccccc2)CCC2(CC1)CN(c1ncc(C#N)cc1F)C(=O)N2. The first kappa shape index (κ1) is 19.3. The Kier molecular flexibility index (Phi) is 4.75. The van der Waals surface area contributed by atoms with Gasteiger partial charge >= 0.3 is 6.03 Å². The van der Waals surface area contributed by atoms with Gasteiger partial charge in [-0.05, 0) is 51.4 Å². The summed E-state index contributed by atoms with van der Waals surface area (Å²) in [6.07, 6.45) is 4.66. The summed E-state index contributed by atoms with van der Waals surface area (Å²) < 4.78 is 14.4. The summed E-state index contributed by atoms with van der Waals surface area (Å²) in [5.41, 5.74) is 0.938. The number of nitrogens with zero attached hydrogens (tertiary/aromatic N) is 4. The minimum Gasteiger partial charge on any atom is -0.330 e. The number of rotatable bonds is 3. The summed E-state index contributed by atoms with van der Waals surface area (Å²) in [5, 5.41) is 12.0. The molecule has 2 amide bonds. The Morgan fingerprint density at radius 2 is 1.90 bits per heavy atom. The van der Waals surface area contributed by atoms with Gasteiger partial charge in [-0.1, -0.05) is 30.3 Å². The summed E-state index contributed by atoms with van der Waals surface area (Å²) in [6, 6.07) is 13.1. The van der Waals surface area contributed by atoms with Gasteiger partial charge in [0.2, 0.25) is 0 Å². The second kappa shape index (κ2) is 7.12. The normalized spacial score (nSPS) is 26.6. The molecule has 1 aliphatic carbocycles. The van der Waals surface area contributed by atoms with Crippen LogP contribution in [0.2, 0.25) is 0 Å². The van der Waals surface area contributed by atoms with Crippen molar-refractivity contribution in [2.75, 3.05) is 25.5 Å². The summed E-state index contributed by atoms with van der Waals surface area (Å²) in [5.74, 6) is -0.676. The summed E-state index contributed by atoms with van der Waals surface area (Å²) >= 11 is 0. The molecule has 29 heavy (non-hydrogen) atoms. The minimum atomic E-state index is -0.654. The van der Waals surface area contributed by atoms with Crippen molar-refractivity contribution >= 4 is 11.8 Å². The van der Waals surface area contributed by atoms with Gasteiger partial charge in [-0.25, -0.2) is 14.2 Å². The predicted octanol–water partition coefficient (Wildman–Crippen LogP) is 3.39. The highest BCUT2D eigenvalue weighted by Crippen LogP contribution is 2.46. The molecule has 1 aromatic carbocycles. The molecule has 0 bridgehead atoms. The Hall–Kier alpha value is -2.98. The number of urea groups is 1. The number of nitriles is 1. The van der Waals surface area contributed by atoms with Crippen molar-refractivity contribution in [1.82, 2.24) is 15.2 Å². The first-order valence-corrected chi connectivity index (χ1v) is 9.77. The molecule has 1 saturated carbocycles. The van der Waals surface area contributed by atoms with Crippen molar-refractivity contribution < 1.29 is 9.18 Å². The van der Waals surface area contributed by atoms with E-state index in [0.717, 1.165) is 31.7 Å². The van der Waals surface area contributed by atoms with E-state index >= 15 is 0 Å². The number of amides is 2. The number of carbonyl (C=O) groups is 1. The molecule has 1 spiro atoms. The monoisotopic (exact) mass is 393 g/mol. The fraction of sp³-hybridized carbons (Fsp3) is 0.409. The van der Waals surface area contributed by atoms with Gasteiger partial charge in [0.1, 0.15) is 6.07 Å². The molecule has 1 aliphatic heterocycles. The van der Waals surface area contributed by atoms with E-state index in [4.69, 9.17) is 5.26 Å². The lowest BCUT2D eigenvalue weighted by molar-refractivity contribution is 0.0657. The molecule has 2 aliphatic rings. The summed E-state index contributed by atoms with van der Waals surface area (Å²) in [4.78, 5) is 20.3. The Morgan fingerprint density at radius 1 is 1.21 bits per heavy atom. The van der Waals surface area contributed by atoms with Crippen molar-refractivity contribution in [2.45, 2.75) is 36.8 Å². The summed E-state index contributed by atoms with van der Waals surface area (Å²) in [7, 11) is 4.20. The molecule has 2 heterocycles. The number of benzene rings is 1. The molecule has 0 unspecified atom stereocenters. The van der Waals surface area contributed by atoms with Crippen LogP contribution < -0.4 is 10.2 Å². The van der Waals surface area contributed by atoms with Crippen LogP contribution in [-0.4, -0.2) is 42.1 Å². The van der Waals surface area contributed by atoms with Gasteiger partial charge in [0.05, 0.1) is 17.6 Å². The fourth-order valence-electron chi connectivity index (χ4n) is 4.74. The maximum absolute atomic E-state index is 14.4. The van der Waals surface area contributed by atoms with Crippen LogP contribution in [0.3, 0.4) is 0 Å². The predicted molar refractivity (Wildman–Crippen MR) is 108 cm³/mol. The number of pyridine rings is 1. The molecule has 1 saturated heterocycles. The fourth-order valence-corrected chi connectivity index (χ4v) is 4.74. The Morgan fingerprint density at radius 3 is 2.48 bits per heavy atom. The van der Waals surface area contributed by atoms with Crippen LogP contribution in [0.25, 0.3) is 0 Å². The summed E-state index contributed by atoms with van der Waals surface area (Å²) in [6.45, 7) is 0.375. The highest BCUT2D eigenvalue weighted by atomic mass is 19.1. The first-order valence-electron chi connectivity index (χ1n) is 9.77. The minimum absolute atomic E-state index is 0.0223. The van der Waals surface area contributed by atoms with Crippen molar-refractivity contribution in [2.24, 2.45) is 0 Å². The van der Waals surface area contributed by atoms with Crippen LogP contribution in [0.4, 0.5) is 15.0 Å². The quantitative estimate of drug-likeness (QED) is 0.868. The molecule has 7 heteroatoms. The second-order valence-electron chi connectivity index (χ2n) is 8.23. The molecular formula is C22H24FN5O. The number of nitrogens with one attached hydrogen (secondary N) is 1. The molecule has 1 N–H and O–H groups in total. The van der Waals surface area contributed by atoms with E-state index in [-0.39, 0.29) is 23.0 Å². The number of hydrogen-bond acceptors (Lipinski definition) is 4. The average Bonchev–Trinajstić information content (AvgIpc) is 3.04. The number of aromatic nitrogens is 1. The maximum atomic E-state index is 14.4. The van der Waals surface area contributed by atoms with Crippen molar-refractivity contribution in [3.63, 3.8) is 0 Å². The zero-order chi connectivity index (χ0) is 20.6. The van der Waals surface area contributed by atoms with Crippen LogP contribution in [0.1, 0.15) is 36.8 Å². The van der Waals surface area contributed by atoms with Gasteiger partial charge in [-0.15, -0.1) is 0 Å². The third kappa shape index (κ3) is 3.23. The number of hydrogen-bond donors (Lipinski definition) is 1. The van der Waals surface area contributed by atoms with Crippen molar-refractivity contribution in [3.05, 3.63) is 59.5 Å². The first-order chi connectivity index (χ1) is 13.9. The second-order valence-corrected chi connectivity index (χ2v) is 8.23. The largest absolute Gasteiger partial charge is 0.330 e. The van der Waals surface area contributed by atoms with Gasteiger partial charge in [-0.3, -0.25) is 9.80 Å². The van der Waals surface area contributed by atoms with Gasteiger partial charge < -0.3 is 5.32 Å². The molecule has 4 rings (SSSR count). The Labute approximate surface area is 170 Å². The lowest BCUT2D eigenvalue weighted by atomic mass is 9.69. The van der Waals surface area contributed by atoms with Gasteiger partial charge in [-0.2, -0.15) is 5.26 Å². The highest BCUT2D eigenvalue weighted by molar-refractivity contribution is 5.94. The smallest absolute Gasteiger partial charge is 0.323 e. The third-order valence-corrected chi connectivity index (χ3v) is 6.49. The van der Waals surface area contributed by atoms with E-state index < -0.39 is 11.4 Å². The number of halogens is 1. The third-order valence-electron chi connectivity index (χ3n) is 6.49. The van der Waals surface area contributed by atoms with Crippen molar-refractivity contribution in [3.8, 4) is 6.07 Å². The zero-order valence-electron chi connectivity index (χ0n) is 16.7. The van der Waals surface area contributed by atoms with E-state index in [1.807, 2.05) is 12.1 Å². The molecule has 2 aromatic rings. The average molecular weight is 393 g/mol. The molecule has 150 valence electrons. The lowest BCUT2D eigenvalue weighted by Gasteiger charge is -2.48. The van der Waals surface area contributed by atoms with Crippen molar-refractivity contribution in [1.29, 1.82) is 5.26 Å². The van der Waals surface area contributed by atoms with E-state index in [1.54, 1.807) is 0 Å². The van der Waals surface area contributed by atoms with E-state index in [1.165, 1.54) is 16.7 Å². The van der Waals surface area contributed by atoms with Gasteiger partial charge in [0.25, 0.3) is 0 Å². The van der Waals surface area contributed by atoms with Crippen LogP contribution in [0.5, 0.6) is 0 Å². The molecule has 2 fully saturated rings. The molecular weight excluding hydrogens is 369 g/mol. The van der Waals surface area contributed by atoms with Crippen LogP contribution in [0, 0.1) is 17.1 Å². The standard InChI is InChI=1S/C22H24FN5O/c1-27(2)22(17-6-4-3-5-7-17)10-8-21(9-11-22)15-28(20(29)26-21)19-18(23)12-16(13-24)14-25-19/h3-7,12,14H,8-11,15H2,1-2H3,(H,26,29). The van der Waals surface area contributed by atoms with E-state index in [9.17, 15) is 9.18 Å².